The Labute approximate surface area is 245 Å². The number of aliphatic hydroxyl groups excluding tert-OH is 1. The number of carbonyl (C=O) groups is 1. The van der Waals surface area contributed by atoms with Crippen LogP contribution in [0.25, 0.3) is 5.69 Å². The number of urea groups is 1. The number of hydrogen-bond donors (Lipinski definition) is 1. The van der Waals surface area contributed by atoms with Gasteiger partial charge in [-0.1, -0.05) is 13.0 Å². The third-order valence-electron chi connectivity index (χ3n) is 9.28. The van der Waals surface area contributed by atoms with E-state index in [1.807, 2.05) is 35.8 Å². The number of likely N-dealkylation sites (tertiary alicyclic amines) is 1. The van der Waals surface area contributed by atoms with E-state index in [4.69, 9.17) is 9.47 Å². The fourth-order valence-electron chi connectivity index (χ4n) is 7.12. The summed E-state index contributed by atoms with van der Waals surface area (Å²) in [7, 11) is 3.30. The average Bonchev–Trinajstić information content (AvgIpc) is 3.41. The average molecular weight is 576 g/mol. The molecule has 3 aliphatic heterocycles. The molecule has 0 aliphatic carbocycles. The van der Waals surface area contributed by atoms with E-state index < -0.39 is 11.8 Å². The Morgan fingerprint density at radius 1 is 1.14 bits per heavy atom. The van der Waals surface area contributed by atoms with Crippen LogP contribution >= 0.6 is 0 Å². The summed E-state index contributed by atoms with van der Waals surface area (Å²) in [6, 6.07) is 10.1. The van der Waals surface area contributed by atoms with Crippen LogP contribution in [-0.4, -0.2) is 75.0 Å². The molecule has 6 rings (SSSR count). The Balaban J connectivity index is 1.28. The summed E-state index contributed by atoms with van der Waals surface area (Å²) < 4.78 is 26.5. The molecule has 4 heterocycles. The van der Waals surface area contributed by atoms with Crippen molar-refractivity contribution in [3.63, 3.8) is 0 Å². The largest absolute Gasteiger partial charge is 0.497 e. The first-order valence-electron chi connectivity index (χ1n) is 14.5. The highest BCUT2D eigenvalue weighted by Gasteiger charge is 2.55. The lowest BCUT2D eigenvalue weighted by atomic mass is 9.81. The van der Waals surface area contributed by atoms with E-state index in [9.17, 15) is 14.3 Å². The molecule has 2 atom stereocenters. The first-order valence-corrected chi connectivity index (χ1v) is 14.5. The number of carbonyl (C=O) groups excluding carboxylic acids is 1. The van der Waals surface area contributed by atoms with Crippen LogP contribution in [0.15, 0.2) is 54.4 Å². The number of nitrogens with zero attached hydrogens (tertiary/aromatic N) is 5. The second kappa shape index (κ2) is 10.7. The van der Waals surface area contributed by atoms with Gasteiger partial charge in [0.15, 0.2) is 0 Å². The van der Waals surface area contributed by atoms with Gasteiger partial charge in [0.25, 0.3) is 0 Å². The van der Waals surface area contributed by atoms with E-state index >= 15 is 0 Å². The number of amides is 2. The summed E-state index contributed by atoms with van der Waals surface area (Å²) in [6.07, 6.45) is 4.46. The predicted octanol–water partition coefficient (Wildman–Crippen LogP) is 5.12. The number of hydrogen-bond acceptors (Lipinski definition) is 6. The Hall–Kier alpha value is -3.89. The minimum absolute atomic E-state index is 0.0102. The number of fused-ring (bicyclic) bond motifs is 3. The van der Waals surface area contributed by atoms with Crippen LogP contribution in [-0.2, 0) is 6.54 Å². The lowest BCUT2D eigenvalue weighted by Gasteiger charge is -2.45. The van der Waals surface area contributed by atoms with Gasteiger partial charge in [-0.3, -0.25) is 9.80 Å². The van der Waals surface area contributed by atoms with Crippen LogP contribution in [0, 0.1) is 12.7 Å². The van der Waals surface area contributed by atoms with Crippen molar-refractivity contribution in [2.45, 2.75) is 57.8 Å². The topological polar surface area (TPSA) is 83.3 Å². The maximum absolute atomic E-state index is 13.9. The number of piperidine rings is 1. The predicted molar refractivity (Wildman–Crippen MR) is 156 cm³/mol. The number of benzene rings is 2. The van der Waals surface area contributed by atoms with Gasteiger partial charge in [-0.25, -0.2) is 13.9 Å². The molecule has 1 N–H and O–H groups in total. The van der Waals surface area contributed by atoms with Crippen LogP contribution in [0.4, 0.5) is 9.18 Å². The third kappa shape index (κ3) is 4.35. The summed E-state index contributed by atoms with van der Waals surface area (Å²) in [6.45, 7) is 8.35. The molecule has 3 aromatic rings. The molecule has 2 fully saturated rings. The lowest BCUT2D eigenvalue weighted by molar-refractivity contribution is -0.0334. The smallest absolute Gasteiger partial charge is 0.325 e. The third-order valence-corrected chi connectivity index (χ3v) is 9.28. The number of allylic oxidation sites excluding steroid dienone is 1. The Kier molecular flexibility index (Phi) is 7.22. The summed E-state index contributed by atoms with van der Waals surface area (Å²) in [4.78, 5) is 19.9. The molecular weight excluding hydrogens is 537 g/mol. The fourth-order valence-corrected chi connectivity index (χ4v) is 7.12. The van der Waals surface area contributed by atoms with Gasteiger partial charge in [-0.05, 0) is 62.6 Å². The molecule has 3 aliphatic rings. The van der Waals surface area contributed by atoms with Crippen molar-refractivity contribution in [1.82, 2.24) is 24.5 Å². The lowest BCUT2D eigenvalue weighted by Crippen LogP contribution is -2.54. The van der Waals surface area contributed by atoms with E-state index in [2.05, 4.69) is 23.0 Å². The number of rotatable bonds is 6. The quantitative estimate of drug-likeness (QED) is 0.439. The number of aliphatic hydroxyl groups is 1. The molecule has 0 radical (unpaired) electrons. The molecule has 2 aromatic carbocycles. The minimum Gasteiger partial charge on any atom is -0.497 e. The van der Waals surface area contributed by atoms with Gasteiger partial charge in [0.05, 0.1) is 38.2 Å². The van der Waals surface area contributed by atoms with E-state index in [0.717, 1.165) is 34.0 Å². The molecule has 0 bridgehead atoms. The highest BCUT2D eigenvalue weighted by molar-refractivity contribution is 5.83. The number of methoxy groups -OCH3 is 2. The van der Waals surface area contributed by atoms with Crippen LogP contribution in [0.2, 0.25) is 0 Å². The Bertz CT molecular complexity index is 1530. The highest BCUT2D eigenvalue weighted by atomic mass is 19.1. The van der Waals surface area contributed by atoms with Crippen LogP contribution in [0.5, 0.6) is 11.5 Å². The monoisotopic (exact) mass is 575 g/mol. The number of halogens is 1. The maximum Gasteiger partial charge on any atom is 0.325 e. The molecule has 2 amide bonds. The van der Waals surface area contributed by atoms with Gasteiger partial charge in [-0.2, -0.15) is 5.10 Å². The number of aromatic nitrogens is 2. The fraction of sp³-hybridized carbons (Fsp3) is 0.438. The van der Waals surface area contributed by atoms with Gasteiger partial charge < -0.3 is 19.5 Å². The zero-order valence-corrected chi connectivity index (χ0v) is 24.8. The molecule has 1 unspecified atom stereocenters. The molecule has 9 nitrogen and oxygen atoms in total. The van der Waals surface area contributed by atoms with E-state index in [0.29, 0.717) is 50.3 Å². The minimum atomic E-state index is -0.845. The van der Waals surface area contributed by atoms with Gasteiger partial charge in [0.2, 0.25) is 0 Å². The molecule has 1 spiro atoms. The Morgan fingerprint density at radius 2 is 1.86 bits per heavy atom. The van der Waals surface area contributed by atoms with Gasteiger partial charge in [0.1, 0.15) is 23.5 Å². The summed E-state index contributed by atoms with van der Waals surface area (Å²) in [5.41, 5.74) is 4.93. The molecular formula is C32H38FN5O4. The Morgan fingerprint density at radius 3 is 2.50 bits per heavy atom. The van der Waals surface area contributed by atoms with Crippen LogP contribution in [0.3, 0.4) is 0 Å². The van der Waals surface area contributed by atoms with E-state index in [-0.39, 0.29) is 17.8 Å². The molecule has 10 heteroatoms. The summed E-state index contributed by atoms with van der Waals surface area (Å²) in [5, 5.41) is 15.9. The molecule has 0 saturated carbocycles. The number of likely N-dealkylation sites (N-methyl/N-ethyl adjacent to an activating group) is 1. The second-order valence-corrected chi connectivity index (χ2v) is 11.4. The van der Waals surface area contributed by atoms with Crippen molar-refractivity contribution in [1.29, 1.82) is 0 Å². The van der Waals surface area contributed by atoms with Gasteiger partial charge >= 0.3 is 6.03 Å². The van der Waals surface area contributed by atoms with Crippen molar-refractivity contribution in [2.24, 2.45) is 0 Å². The van der Waals surface area contributed by atoms with Gasteiger partial charge in [-0.15, -0.1) is 0 Å². The van der Waals surface area contributed by atoms with Crippen molar-refractivity contribution >= 4 is 6.03 Å². The van der Waals surface area contributed by atoms with E-state index in [1.54, 1.807) is 37.2 Å². The number of ether oxygens (including phenoxy) is 2. The van der Waals surface area contributed by atoms with Crippen molar-refractivity contribution in [3.05, 3.63) is 82.6 Å². The van der Waals surface area contributed by atoms with Crippen LogP contribution < -0.4 is 9.47 Å². The summed E-state index contributed by atoms with van der Waals surface area (Å²) in [5.74, 6) is 1.19. The van der Waals surface area contributed by atoms with Crippen molar-refractivity contribution < 1.29 is 23.8 Å². The molecule has 222 valence electrons. The standard InChI is InChI=1S/C32H38FN5O4/c1-6-37-31(40)36-19-22-16-25(41-4)17-27(42-5)29(22)20(2)15-28(36)32(37)11-13-35(14-12-32)30(39)26-18-34-38(21(26)3)24-9-7-23(33)8-10-24/h7-10,15-18,20,30,39H,6,11-14,19H2,1-5H3/t20-,30?/m0/s1. The zero-order chi connectivity index (χ0) is 29.8. The normalized spacial score (nSPS) is 20.7. The van der Waals surface area contributed by atoms with Crippen molar-refractivity contribution in [2.75, 3.05) is 33.9 Å². The SMILES string of the molecule is CCN1C(=O)N2Cc3cc(OC)cc(OC)c3[C@@H](C)C=C2C12CCN(C(O)c1cnn(-c3ccc(F)cc3)c1C)CC2. The molecule has 42 heavy (non-hydrogen) atoms. The second-order valence-electron chi connectivity index (χ2n) is 11.4. The van der Waals surface area contributed by atoms with Crippen molar-refractivity contribution in [3.8, 4) is 17.2 Å². The summed E-state index contributed by atoms with van der Waals surface area (Å²) >= 11 is 0. The molecule has 1 aromatic heterocycles. The first-order chi connectivity index (χ1) is 20.2. The van der Waals surface area contributed by atoms with E-state index in [1.165, 1.54) is 12.1 Å². The maximum atomic E-state index is 13.9. The highest BCUT2D eigenvalue weighted by Crippen LogP contribution is 2.49. The first kappa shape index (κ1) is 28.2. The van der Waals surface area contributed by atoms with Crippen LogP contribution in [0.1, 0.15) is 61.2 Å². The van der Waals surface area contributed by atoms with Gasteiger partial charge in [0, 0.05) is 54.1 Å². The molecule has 2 saturated heterocycles. The zero-order valence-electron chi connectivity index (χ0n) is 24.8.